The van der Waals surface area contributed by atoms with Crippen LogP contribution in [0.3, 0.4) is 0 Å². The van der Waals surface area contributed by atoms with Crippen LogP contribution in [0, 0.1) is 0 Å². The number of aromatic nitrogens is 1. The SMILES string of the molecule is O=C(O)CCc1ccc2c(c1)c(CCc1ccccc1)cn2-c1ccc(CN2CCCC2)cc1. The molecule has 0 spiro atoms. The Morgan fingerprint density at radius 3 is 2.26 bits per heavy atom. The summed E-state index contributed by atoms with van der Waals surface area (Å²) >= 11 is 0. The molecule has 5 rings (SSSR count). The van der Waals surface area contributed by atoms with Crippen molar-refractivity contribution in [1.82, 2.24) is 9.47 Å². The molecule has 1 aliphatic rings. The van der Waals surface area contributed by atoms with Crippen LogP contribution >= 0.6 is 0 Å². The van der Waals surface area contributed by atoms with E-state index in [0.717, 1.165) is 24.9 Å². The summed E-state index contributed by atoms with van der Waals surface area (Å²) in [6.45, 7) is 3.44. The minimum absolute atomic E-state index is 0.157. The number of nitrogens with zero attached hydrogens (tertiary/aromatic N) is 2. The molecule has 0 atom stereocenters. The van der Waals surface area contributed by atoms with Crippen LogP contribution < -0.4 is 0 Å². The first-order valence-electron chi connectivity index (χ1n) is 12.4. The summed E-state index contributed by atoms with van der Waals surface area (Å²) in [6.07, 6.45) is 7.53. The minimum atomic E-state index is -0.754. The van der Waals surface area contributed by atoms with E-state index in [1.165, 1.54) is 59.2 Å². The summed E-state index contributed by atoms with van der Waals surface area (Å²) in [6, 6.07) is 26.0. The molecule has 0 amide bonds. The molecule has 174 valence electrons. The predicted molar refractivity (Wildman–Crippen MR) is 138 cm³/mol. The van der Waals surface area contributed by atoms with Gasteiger partial charge in [-0.15, -0.1) is 0 Å². The van der Waals surface area contributed by atoms with Crippen LogP contribution in [0.1, 0.15) is 41.5 Å². The van der Waals surface area contributed by atoms with Gasteiger partial charge in [0.2, 0.25) is 0 Å². The average molecular weight is 453 g/mol. The van der Waals surface area contributed by atoms with E-state index in [-0.39, 0.29) is 6.42 Å². The standard InChI is InChI=1S/C30H32N2O2/c33-30(34)17-12-24-11-16-29-28(20-24)26(13-8-23-6-2-1-3-7-23)22-32(29)27-14-9-25(10-15-27)21-31-18-4-5-19-31/h1-3,6-7,9-11,14-16,20,22H,4-5,8,12-13,17-19,21H2,(H,33,34). The third kappa shape index (κ3) is 5.23. The van der Waals surface area contributed by atoms with Crippen molar-refractivity contribution in [2.24, 2.45) is 0 Å². The van der Waals surface area contributed by atoms with Gasteiger partial charge in [0.1, 0.15) is 0 Å². The summed E-state index contributed by atoms with van der Waals surface area (Å²) in [5, 5.41) is 10.3. The maximum Gasteiger partial charge on any atom is 0.303 e. The second-order valence-electron chi connectivity index (χ2n) is 9.40. The number of likely N-dealkylation sites (tertiary alicyclic amines) is 1. The Morgan fingerprint density at radius 1 is 0.794 bits per heavy atom. The van der Waals surface area contributed by atoms with E-state index >= 15 is 0 Å². The maximum atomic E-state index is 11.1. The van der Waals surface area contributed by atoms with Gasteiger partial charge in [0.05, 0.1) is 5.52 Å². The summed E-state index contributed by atoms with van der Waals surface area (Å²) in [5.74, 6) is -0.754. The van der Waals surface area contributed by atoms with E-state index in [9.17, 15) is 4.79 Å². The molecule has 1 saturated heterocycles. The van der Waals surface area contributed by atoms with Crippen molar-refractivity contribution in [3.63, 3.8) is 0 Å². The Balaban J connectivity index is 1.44. The van der Waals surface area contributed by atoms with Crippen molar-refractivity contribution >= 4 is 16.9 Å². The van der Waals surface area contributed by atoms with E-state index in [4.69, 9.17) is 5.11 Å². The fraction of sp³-hybridized carbons (Fsp3) is 0.300. The zero-order chi connectivity index (χ0) is 23.3. The Bertz CT molecular complexity index is 1250. The third-order valence-electron chi connectivity index (χ3n) is 6.92. The third-order valence-corrected chi connectivity index (χ3v) is 6.92. The molecule has 3 aromatic carbocycles. The number of carboxylic acid groups (broad SMARTS) is 1. The van der Waals surface area contributed by atoms with Crippen LogP contribution in [0.2, 0.25) is 0 Å². The van der Waals surface area contributed by atoms with Gasteiger partial charge in [0.25, 0.3) is 0 Å². The fourth-order valence-electron chi connectivity index (χ4n) is 5.05. The highest BCUT2D eigenvalue weighted by molar-refractivity contribution is 5.86. The first-order chi connectivity index (χ1) is 16.7. The summed E-state index contributed by atoms with van der Waals surface area (Å²) in [4.78, 5) is 13.6. The van der Waals surface area contributed by atoms with Crippen molar-refractivity contribution in [2.75, 3.05) is 13.1 Å². The summed E-state index contributed by atoms with van der Waals surface area (Å²) in [7, 11) is 0. The highest BCUT2D eigenvalue weighted by atomic mass is 16.4. The molecular formula is C30H32N2O2. The largest absolute Gasteiger partial charge is 0.481 e. The van der Waals surface area contributed by atoms with Crippen LogP contribution in [0.4, 0.5) is 0 Å². The van der Waals surface area contributed by atoms with Crippen LogP contribution in [-0.4, -0.2) is 33.6 Å². The number of aryl methyl sites for hydroxylation is 3. The number of rotatable bonds is 9. The van der Waals surface area contributed by atoms with Crippen LogP contribution in [0.15, 0.2) is 79.0 Å². The van der Waals surface area contributed by atoms with Gasteiger partial charge in [0, 0.05) is 30.2 Å². The highest BCUT2D eigenvalue weighted by Gasteiger charge is 2.14. The molecule has 0 bridgehead atoms. The van der Waals surface area contributed by atoms with Gasteiger partial charge in [-0.2, -0.15) is 0 Å². The number of hydrogen-bond acceptors (Lipinski definition) is 2. The van der Waals surface area contributed by atoms with Gasteiger partial charge in [-0.3, -0.25) is 9.69 Å². The van der Waals surface area contributed by atoms with E-state index in [2.05, 4.69) is 88.5 Å². The topological polar surface area (TPSA) is 45.5 Å². The maximum absolute atomic E-state index is 11.1. The molecule has 0 aliphatic carbocycles. The number of aliphatic carboxylic acids is 1. The van der Waals surface area contributed by atoms with E-state index in [1.54, 1.807) is 0 Å². The Hall–Kier alpha value is -3.37. The lowest BCUT2D eigenvalue weighted by Crippen LogP contribution is -2.18. The van der Waals surface area contributed by atoms with Crippen LogP contribution in [-0.2, 0) is 30.6 Å². The molecule has 2 heterocycles. The monoisotopic (exact) mass is 452 g/mol. The van der Waals surface area contributed by atoms with E-state index < -0.39 is 5.97 Å². The zero-order valence-corrected chi connectivity index (χ0v) is 19.6. The molecule has 1 N–H and O–H groups in total. The average Bonchev–Trinajstić information content (AvgIpc) is 3.50. The van der Waals surface area contributed by atoms with Gasteiger partial charge in [0.15, 0.2) is 0 Å². The quantitative estimate of drug-likeness (QED) is 0.337. The fourth-order valence-corrected chi connectivity index (χ4v) is 5.05. The predicted octanol–water partition coefficient (Wildman–Crippen LogP) is 6.03. The molecule has 0 saturated carbocycles. The van der Waals surface area contributed by atoms with E-state index in [0.29, 0.717) is 6.42 Å². The molecule has 1 aromatic heterocycles. The van der Waals surface area contributed by atoms with Crippen LogP contribution in [0.25, 0.3) is 16.6 Å². The smallest absolute Gasteiger partial charge is 0.303 e. The second-order valence-corrected chi connectivity index (χ2v) is 9.40. The van der Waals surface area contributed by atoms with Gasteiger partial charge in [-0.25, -0.2) is 0 Å². The molecular weight excluding hydrogens is 420 g/mol. The van der Waals surface area contributed by atoms with Gasteiger partial charge < -0.3 is 9.67 Å². The molecule has 4 nitrogen and oxygen atoms in total. The van der Waals surface area contributed by atoms with Crippen molar-refractivity contribution in [1.29, 1.82) is 0 Å². The van der Waals surface area contributed by atoms with Gasteiger partial charge in [-0.05, 0) is 91.7 Å². The number of fused-ring (bicyclic) bond motifs is 1. The molecule has 0 unspecified atom stereocenters. The van der Waals surface area contributed by atoms with Crippen molar-refractivity contribution < 1.29 is 9.90 Å². The molecule has 1 aliphatic heterocycles. The Kier molecular flexibility index (Phi) is 6.77. The summed E-state index contributed by atoms with van der Waals surface area (Å²) in [5.41, 5.74) is 7.42. The van der Waals surface area contributed by atoms with Crippen molar-refractivity contribution in [3.8, 4) is 5.69 Å². The minimum Gasteiger partial charge on any atom is -0.481 e. The van der Waals surface area contributed by atoms with Crippen molar-refractivity contribution in [3.05, 3.63) is 101 Å². The van der Waals surface area contributed by atoms with E-state index in [1.807, 2.05) is 0 Å². The normalized spacial score (nSPS) is 14.1. The number of benzene rings is 3. The first kappa shape index (κ1) is 22.4. The number of hydrogen-bond donors (Lipinski definition) is 1. The lowest BCUT2D eigenvalue weighted by Gasteiger charge is -2.15. The second kappa shape index (κ2) is 10.3. The Morgan fingerprint density at radius 2 is 1.53 bits per heavy atom. The highest BCUT2D eigenvalue weighted by Crippen LogP contribution is 2.28. The molecule has 4 aromatic rings. The van der Waals surface area contributed by atoms with Gasteiger partial charge >= 0.3 is 5.97 Å². The molecule has 4 heteroatoms. The van der Waals surface area contributed by atoms with Crippen molar-refractivity contribution in [2.45, 2.75) is 45.1 Å². The molecule has 0 radical (unpaired) electrons. The molecule has 1 fully saturated rings. The summed E-state index contributed by atoms with van der Waals surface area (Å²) < 4.78 is 2.29. The lowest BCUT2D eigenvalue weighted by molar-refractivity contribution is -0.136. The Labute approximate surface area is 201 Å². The molecule has 34 heavy (non-hydrogen) atoms. The zero-order valence-electron chi connectivity index (χ0n) is 19.6. The van der Waals surface area contributed by atoms with Gasteiger partial charge in [-0.1, -0.05) is 48.5 Å². The first-order valence-corrected chi connectivity index (χ1v) is 12.4. The van der Waals surface area contributed by atoms with Crippen LogP contribution in [0.5, 0.6) is 0 Å². The number of carboxylic acids is 1. The lowest BCUT2D eigenvalue weighted by atomic mass is 10.0. The number of carbonyl (C=O) groups is 1.